The zero-order chi connectivity index (χ0) is 14.8. The number of hydrogen-bond donors (Lipinski definition) is 2. The lowest BCUT2D eigenvalue weighted by Gasteiger charge is -2.15. The maximum Gasteiger partial charge on any atom is 0.303 e. The van der Waals surface area contributed by atoms with Crippen molar-refractivity contribution in [3.63, 3.8) is 0 Å². The summed E-state index contributed by atoms with van der Waals surface area (Å²) in [6, 6.07) is 6.22. The fourth-order valence-corrected chi connectivity index (χ4v) is 3.65. The number of nitrogens with zero attached hydrogens (tertiary/aromatic N) is 1. The molecule has 0 radical (unpaired) electrons. The van der Waals surface area contributed by atoms with E-state index < -0.39 is 22.1 Å². The molecule has 0 bridgehead atoms. The number of rotatable bonds is 5. The van der Waals surface area contributed by atoms with Gasteiger partial charge in [-0.1, -0.05) is 12.1 Å². The fraction of sp³-hybridized carbons (Fsp3) is 0.462. The molecule has 0 aromatic heterocycles. The van der Waals surface area contributed by atoms with Crippen molar-refractivity contribution in [1.82, 2.24) is 4.31 Å². The van der Waals surface area contributed by atoms with Crippen molar-refractivity contribution < 1.29 is 23.4 Å². The highest BCUT2D eigenvalue weighted by atomic mass is 32.2. The van der Waals surface area contributed by atoms with Gasteiger partial charge in [0, 0.05) is 19.5 Å². The average Bonchev–Trinajstić information content (AvgIpc) is 2.84. The van der Waals surface area contributed by atoms with Crippen LogP contribution in [0, 0.1) is 0 Å². The van der Waals surface area contributed by atoms with Gasteiger partial charge in [0.25, 0.3) is 0 Å². The van der Waals surface area contributed by atoms with E-state index in [1.807, 2.05) is 0 Å². The summed E-state index contributed by atoms with van der Waals surface area (Å²) in [6.07, 6.45) is 0.248. The minimum Gasteiger partial charge on any atom is -0.481 e. The summed E-state index contributed by atoms with van der Waals surface area (Å²) in [5, 5.41) is 18.0. The number of aliphatic hydroxyl groups excluding tert-OH is 1. The zero-order valence-corrected chi connectivity index (χ0v) is 11.7. The van der Waals surface area contributed by atoms with Crippen LogP contribution in [0.15, 0.2) is 29.2 Å². The standard InChI is InChI=1S/C13H17NO5S/c15-11-7-8-14(9-11)20(18,19)12-4-1-10(2-5-12)3-6-13(16)17/h1-2,4-5,11,15H,3,6-9H2,(H,16,17)/t11-/m0/s1. The van der Waals surface area contributed by atoms with Crippen molar-refractivity contribution in [2.75, 3.05) is 13.1 Å². The number of β-amino-alcohol motifs (C(OH)–C–C–N with tert-alkyl or cyclic N) is 1. The average molecular weight is 299 g/mol. The molecule has 1 saturated heterocycles. The summed E-state index contributed by atoms with van der Waals surface area (Å²) in [7, 11) is -3.56. The molecule has 1 aliphatic rings. The minimum atomic E-state index is -3.56. The predicted octanol–water partition coefficient (Wildman–Crippen LogP) is 0.459. The van der Waals surface area contributed by atoms with Gasteiger partial charge in [-0.05, 0) is 30.5 Å². The smallest absolute Gasteiger partial charge is 0.303 e. The quantitative estimate of drug-likeness (QED) is 0.823. The highest BCUT2D eigenvalue weighted by molar-refractivity contribution is 7.89. The van der Waals surface area contributed by atoms with E-state index in [1.165, 1.54) is 16.4 Å². The molecule has 1 aromatic rings. The summed E-state index contributed by atoms with van der Waals surface area (Å²) in [6.45, 7) is 0.452. The Hall–Kier alpha value is -1.44. The van der Waals surface area contributed by atoms with Crippen LogP contribution in [-0.2, 0) is 21.2 Å². The second kappa shape index (κ2) is 5.90. The number of carboxylic acid groups (broad SMARTS) is 1. The number of aliphatic carboxylic acids is 1. The molecule has 0 spiro atoms. The molecule has 1 aromatic carbocycles. The first-order valence-corrected chi connectivity index (χ1v) is 7.82. The Labute approximate surface area is 117 Å². The monoisotopic (exact) mass is 299 g/mol. The van der Waals surface area contributed by atoms with Crippen molar-refractivity contribution >= 4 is 16.0 Å². The largest absolute Gasteiger partial charge is 0.481 e. The third kappa shape index (κ3) is 3.36. The highest BCUT2D eigenvalue weighted by Crippen LogP contribution is 2.21. The lowest BCUT2D eigenvalue weighted by atomic mass is 10.1. The molecule has 20 heavy (non-hydrogen) atoms. The van der Waals surface area contributed by atoms with E-state index in [2.05, 4.69) is 0 Å². The highest BCUT2D eigenvalue weighted by Gasteiger charge is 2.31. The van der Waals surface area contributed by atoms with E-state index in [0.717, 1.165) is 5.56 Å². The maximum atomic E-state index is 12.3. The Bertz CT molecular complexity index is 581. The maximum absolute atomic E-state index is 12.3. The first-order chi connectivity index (χ1) is 9.39. The van der Waals surface area contributed by atoms with Crippen molar-refractivity contribution in [3.8, 4) is 0 Å². The molecule has 1 heterocycles. The van der Waals surface area contributed by atoms with Crippen molar-refractivity contribution in [3.05, 3.63) is 29.8 Å². The number of carbonyl (C=O) groups is 1. The first kappa shape index (κ1) is 15.0. The van der Waals surface area contributed by atoms with Gasteiger partial charge in [0.2, 0.25) is 10.0 Å². The van der Waals surface area contributed by atoms with Crippen LogP contribution in [0.4, 0.5) is 0 Å². The van der Waals surface area contributed by atoms with E-state index in [0.29, 0.717) is 19.4 Å². The third-order valence-electron chi connectivity index (χ3n) is 3.31. The van der Waals surface area contributed by atoms with Crippen molar-refractivity contribution in [1.29, 1.82) is 0 Å². The Balaban J connectivity index is 2.11. The van der Waals surface area contributed by atoms with Gasteiger partial charge in [0.1, 0.15) is 0 Å². The molecule has 0 unspecified atom stereocenters. The third-order valence-corrected chi connectivity index (χ3v) is 5.19. The summed E-state index contributed by atoms with van der Waals surface area (Å²) in [5.74, 6) is -0.882. The summed E-state index contributed by atoms with van der Waals surface area (Å²) in [4.78, 5) is 10.6. The summed E-state index contributed by atoms with van der Waals surface area (Å²) in [5.41, 5.74) is 0.785. The molecule has 2 N–H and O–H groups in total. The fourth-order valence-electron chi connectivity index (χ4n) is 2.16. The lowest BCUT2D eigenvalue weighted by molar-refractivity contribution is -0.136. The van der Waals surface area contributed by atoms with Crippen LogP contribution >= 0.6 is 0 Å². The molecule has 0 amide bonds. The van der Waals surface area contributed by atoms with E-state index in [9.17, 15) is 18.3 Å². The number of aryl methyl sites for hydroxylation is 1. The molecule has 1 aliphatic heterocycles. The van der Waals surface area contributed by atoms with Crippen LogP contribution in [0.1, 0.15) is 18.4 Å². The van der Waals surface area contributed by atoms with Gasteiger partial charge >= 0.3 is 5.97 Å². The normalized spacial score (nSPS) is 20.1. The van der Waals surface area contributed by atoms with E-state index in [4.69, 9.17) is 5.11 Å². The van der Waals surface area contributed by atoms with Gasteiger partial charge in [-0.15, -0.1) is 0 Å². The molecule has 110 valence electrons. The number of sulfonamides is 1. The Morgan fingerprint density at radius 3 is 2.45 bits per heavy atom. The van der Waals surface area contributed by atoms with Gasteiger partial charge in [-0.2, -0.15) is 4.31 Å². The van der Waals surface area contributed by atoms with Crippen molar-refractivity contribution in [2.24, 2.45) is 0 Å². The molecule has 1 atom stereocenters. The van der Waals surface area contributed by atoms with Crippen LogP contribution in [0.3, 0.4) is 0 Å². The molecule has 0 saturated carbocycles. The molecule has 2 rings (SSSR count). The lowest BCUT2D eigenvalue weighted by Crippen LogP contribution is -2.29. The number of aliphatic hydroxyl groups is 1. The SMILES string of the molecule is O=C(O)CCc1ccc(S(=O)(=O)N2CC[C@H](O)C2)cc1. The van der Waals surface area contributed by atoms with Crippen LogP contribution in [0.5, 0.6) is 0 Å². The number of benzene rings is 1. The van der Waals surface area contributed by atoms with Gasteiger partial charge < -0.3 is 10.2 Å². The Morgan fingerprint density at radius 1 is 1.30 bits per heavy atom. The molecule has 7 heteroatoms. The Morgan fingerprint density at radius 2 is 1.95 bits per heavy atom. The zero-order valence-electron chi connectivity index (χ0n) is 10.9. The van der Waals surface area contributed by atoms with Crippen molar-refractivity contribution in [2.45, 2.75) is 30.3 Å². The molecule has 0 aliphatic carbocycles. The van der Waals surface area contributed by atoms with E-state index in [1.54, 1.807) is 12.1 Å². The topological polar surface area (TPSA) is 94.9 Å². The number of carboxylic acids is 1. The minimum absolute atomic E-state index is 0.0183. The Kier molecular flexibility index (Phi) is 4.42. The molecular weight excluding hydrogens is 282 g/mol. The van der Waals surface area contributed by atoms with Gasteiger partial charge in [-0.3, -0.25) is 4.79 Å². The van der Waals surface area contributed by atoms with Crippen LogP contribution < -0.4 is 0 Å². The first-order valence-electron chi connectivity index (χ1n) is 6.38. The van der Waals surface area contributed by atoms with Gasteiger partial charge in [0.05, 0.1) is 11.0 Å². The van der Waals surface area contributed by atoms with Crippen LogP contribution in [0.25, 0.3) is 0 Å². The second-order valence-corrected chi connectivity index (χ2v) is 6.78. The molecular formula is C13H17NO5S. The van der Waals surface area contributed by atoms with E-state index >= 15 is 0 Å². The summed E-state index contributed by atoms with van der Waals surface area (Å²) < 4.78 is 25.8. The van der Waals surface area contributed by atoms with Crippen LogP contribution in [-0.4, -0.2) is 48.1 Å². The van der Waals surface area contributed by atoms with E-state index in [-0.39, 0.29) is 17.9 Å². The number of hydrogen-bond acceptors (Lipinski definition) is 4. The predicted molar refractivity (Wildman–Crippen MR) is 71.8 cm³/mol. The van der Waals surface area contributed by atoms with Gasteiger partial charge in [0.15, 0.2) is 0 Å². The summed E-state index contributed by atoms with van der Waals surface area (Å²) >= 11 is 0. The van der Waals surface area contributed by atoms with Crippen LogP contribution in [0.2, 0.25) is 0 Å². The molecule has 6 nitrogen and oxygen atoms in total. The molecule has 1 fully saturated rings. The second-order valence-electron chi connectivity index (χ2n) is 4.84. The van der Waals surface area contributed by atoms with Gasteiger partial charge in [-0.25, -0.2) is 8.42 Å².